The molecule has 0 bridgehead atoms. The van der Waals surface area contributed by atoms with Crippen molar-refractivity contribution in [3.05, 3.63) is 29.3 Å². The molecular weight excluding hydrogens is 272 g/mol. The van der Waals surface area contributed by atoms with Crippen LogP contribution < -0.4 is 15.8 Å². The number of nitrogens with zero attached hydrogens (tertiary/aromatic N) is 1. The Hall–Kier alpha value is -1.93. The second kappa shape index (κ2) is 7.61. The fourth-order valence-corrected chi connectivity index (χ4v) is 1.56. The Morgan fingerprint density at radius 1 is 1.50 bits per heavy atom. The Bertz CT molecular complexity index is 469. The van der Waals surface area contributed by atoms with Crippen LogP contribution >= 0.6 is 0 Å². The maximum atomic E-state index is 12.1. The first-order valence-electron chi connectivity index (χ1n) is 5.81. The summed E-state index contributed by atoms with van der Waals surface area (Å²) in [7, 11) is 1.43. The summed E-state index contributed by atoms with van der Waals surface area (Å²) in [6.07, 6.45) is -4.48. The number of oxime groups is 1. The summed E-state index contributed by atoms with van der Waals surface area (Å²) in [6.45, 7) is 0.0541. The molecule has 0 amide bonds. The minimum absolute atomic E-state index is 0.0884. The molecule has 0 aliphatic heterocycles. The topological polar surface area (TPSA) is 100 Å². The zero-order valence-electron chi connectivity index (χ0n) is 10.9. The zero-order chi connectivity index (χ0) is 15.1. The third kappa shape index (κ3) is 4.32. The lowest BCUT2D eigenvalue weighted by atomic mass is 10.1. The maximum absolute atomic E-state index is 12.1. The lowest BCUT2D eigenvalue weighted by Gasteiger charge is -2.12. The van der Waals surface area contributed by atoms with E-state index in [4.69, 9.17) is 20.8 Å². The molecule has 6 nitrogen and oxygen atoms in total. The summed E-state index contributed by atoms with van der Waals surface area (Å²) in [6, 6.07) is 4.90. The average molecular weight is 289 g/mol. The van der Waals surface area contributed by atoms with Crippen LogP contribution in [0.1, 0.15) is 11.1 Å². The first-order chi connectivity index (χ1) is 9.49. The highest BCUT2D eigenvalue weighted by Gasteiger charge is 2.16. The number of hydrogen-bond donors (Lipinski definition) is 4. The van der Waals surface area contributed by atoms with Crippen molar-refractivity contribution in [3.8, 4) is 5.75 Å². The van der Waals surface area contributed by atoms with Gasteiger partial charge in [0, 0.05) is 13.1 Å². The molecule has 1 aromatic carbocycles. The van der Waals surface area contributed by atoms with Crippen molar-refractivity contribution in [2.24, 2.45) is 10.9 Å². The van der Waals surface area contributed by atoms with E-state index < -0.39 is 12.5 Å². The van der Waals surface area contributed by atoms with Crippen LogP contribution in [-0.2, 0) is 6.54 Å². The number of ether oxygens (including phenoxy) is 1. The van der Waals surface area contributed by atoms with Gasteiger partial charge < -0.3 is 26.1 Å². The van der Waals surface area contributed by atoms with Gasteiger partial charge in [-0.3, -0.25) is 0 Å². The third-order valence-corrected chi connectivity index (χ3v) is 2.62. The van der Waals surface area contributed by atoms with Gasteiger partial charge in [0.1, 0.15) is 11.9 Å². The summed E-state index contributed by atoms with van der Waals surface area (Å²) >= 11 is 0. The molecule has 1 unspecified atom stereocenters. The molecule has 0 aliphatic rings. The van der Waals surface area contributed by atoms with E-state index in [0.717, 1.165) is 5.56 Å². The van der Waals surface area contributed by atoms with Crippen LogP contribution in [0.2, 0.25) is 0 Å². The van der Waals surface area contributed by atoms with E-state index >= 15 is 0 Å². The lowest BCUT2D eigenvalue weighted by molar-refractivity contribution is -0.00340. The number of benzene rings is 1. The van der Waals surface area contributed by atoms with Crippen LogP contribution in [0.25, 0.3) is 0 Å². The fourth-order valence-electron chi connectivity index (χ4n) is 1.56. The molecule has 0 radical (unpaired) electrons. The molecule has 0 heterocycles. The largest absolute Gasteiger partial charge is 0.496 e. The normalized spacial score (nSPS) is 13.6. The lowest BCUT2D eigenvalue weighted by Crippen LogP contribution is -2.31. The number of hydrogen-bond acceptors (Lipinski definition) is 5. The van der Waals surface area contributed by atoms with Gasteiger partial charge in [-0.2, -0.15) is 0 Å². The molecule has 1 rings (SSSR count). The van der Waals surface area contributed by atoms with E-state index in [1.807, 2.05) is 0 Å². The number of rotatable bonds is 7. The van der Waals surface area contributed by atoms with Crippen LogP contribution in [0.4, 0.5) is 8.78 Å². The minimum Gasteiger partial charge on any atom is -0.496 e. The van der Waals surface area contributed by atoms with E-state index in [9.17, 15) is 8.78 Å². The van der Waals surface area contributed by atoms with Crippen LogP contribution in [0.3, 0.4) is 0 Å². The number of methoxy groups -OCH3 is 1. The van der Waals surface area contributed by atoms with E-state index in [2.05, 4.69) is 10.5 Å². The quantitative estimate of drug-likeness (QED) is 0.253. The highest BCUT2D eigenvalue weighted by molar-refractivity contribution is 5.99. The molecule has 1 aromatic rings. The van der Waals surface area contributed by atoms with Gasteiger partial charge in [0.15, 0.2) is 5.84 Å². The molecule has 0 saturated carbocycles. The van der Waals surface area contributed by atoms with Gasteiger partial charge >= 0.3 is 0 Å². The van der Waals surface area contributed by atoms with Gasteiger partial charge in [0.2, 0.25) is 0 Å². The first kappa shape index (κ1) is 16.1. The predicted octanol–water partition coefficient (Wildman–Crippen LogP) is 0.505. The van der Waals surface area contributed by atoms with Gasteiger partial charge in [0.05, 0.1) is 12.7 Å². The Labute approximate surface area is 114 Å². The molecule has 8 heteroatoms. The van der Waals surface area contributed by atoms with Crippen LogP contribution in [0.15, 0.2) is 23.4 Å². The summed E-state index contributed by atoms with van der Waals surface area (Å²) in [4.78, 5) is 0. The van der Waals surface area contributed by atoms with Crippen LogP contribution in [0, 0.1) is 0 Å². The van der Waals surface area contributed by atoms with E-state index in [1.165, 1.54) is 7.11 Å². The van der Waals surface area contributed by atoms with Crippen molar-refractivity contribution in [2.45, 2.75) is 19.1 Å². The second-order valence-corrected chi connectivity index (χ2v) is 4.05. The first-order valence-corrected chi connectivity index (χ1v) is 5.81. The number of nitrogens with two attached hydrogens (primary N) is 1. The van der Waals surface area contributed by atoms with E-state index in [0.29, 0.717) is 11.3 Å². The number of aliphatic hydroxyl groups excluding tert-OH is 1. The Balaban J connectivity index is 2.69. The monoisotopic (exact) mass is 289 g/mol. The van der Waals surface area contributed by atoms with Crippen LogP contribution in [-0.4, -0.2) is 42.3 Å². The molecule has 0 spiro atoms. The zero-order valence-corrected chi connectivity index (χ0v) is 10.9. The van der Waals surface area contributed by atoms with Crippen molar-refractivity contribution in [2.75, 3.05) is 13.7 Å². The van der Waals surface area contributed by atoms with E-state index in [1.54, 1.807) is 18.2 Å². The molecule has 0 fully saturated rings. The minimum atomic E-state index is -2.78. The third-order valence-electron chi connectivity index (χ3n) is 2.62. The van der Waals surface area contributed by atoms with Crippen LogP contribution in [0.5, 0.6) is 5.75 Å². The molecule has 1 atom stereocenters. The molecular formula is C12H17F2N3O3. The van der Waals surface area contributed by atoms with Crippen molar-refractivity contribution >= 4 is 5.84 Å². The van der Waals surface area contributed by atoms with Crippen molar-refractivity contribution in [3.63, 3.8) is 0 Å². The molecule has 0 saturated heterocycles. The van der Waals surface area contributed by atoms with Gasteiger partial charge in [-0.15, -0.1) is 0 Å². The second-order valence-electron chi connectivity index (χ2n) is 4.05. The Morgan fingerprint density at radius 2 is 2.20 bits per heavy atom. The number of amidine groups is 1. The van der Waals surface area contributed by atoms with Crippen molar-refractivity contribution < 1.29 is 23.8 Å². The maximum Gasteiger partial charge on any atom is 0.265 e. The molecule has 5 N–H and O–H groups in total. The highest BCUT2D eigenvalue weighted by atomic mass is 19.3. The summed E-state index contributed by atoms with van der Waals surface area (Å²) in [5.41, 5.74) is 6.65. The van der Waals surface area contributed by atoms with Crippen molar-refractivity contribution in [1.82, 2.24) is 5.32 Å². The fraction of sp³-hybridized carbons (Fsp3) is 0.417. The van der Waals surface area contributed by atoms with Crippen molar-refractivity contribution in [1.29, 1.82) is 0 Å². The SMILES string of the molecule is COc1cc(CNCC(O)C(F)F)ccc1/C(N)=N/O. The number of halogens is 2. The van der Waals surface area contributed by atoms with Gasteiger partial charge in [-0.05, 0) is 17.7 Å². The highest BCUT2D eigenvalue weighted by Crippen LogP contribution is 2.20. The average Bonchev–Trinajstić information content (AvgIpc) is 2.45. The number of nitrogens with one attached hydrogen (secondary N) is 1. The Kier molecular flexibility index (Phi) is 6.13. The summed E-state index contributed by atoms with van der Waals surface area (Å²) in [5.74, 6) is 0.309. The van der Waals surface area contributed by atoms with Gasteiger partial charge in [-0.25, -0.2) is 8.78 Å². The predicted molar refractivity (Wildman–Crippen MR) is 69.2 cm³/mol. The molecule has 112 valence electrons. The van der Waals surface area contributed by atoms with E-state index in [-0.39, 0.29) is 18.9 Å². The van der Waals surface area contributed by atoms with Gasteiger partial charge in [0.25, 0.3) is 6.43 Å². The standard InChI is InChI=1S/C12H17F2N3O3/c1-20-10-4-7(2-3-8(10)12(15)17-19)5-16-6-9(18)11(13)14/h2-4,9,11,16,18-19H,5-6H2,1H3,(H2,15,17). The molecule has 20 heavy (non-hydrogen) atoms. The smallest absolute Gasteiger partial charge is 0.265 e. The Morgan fingerprint density at radius 3 is 2.75 bits per heavy atom. The summed E-state index contributed by atoms with van der Waals surface area (Å²) in [5, 5.41) is 23.2. The number of alkyl halides is 2. The van der Waals surface area contributed by atoms with Gasteiger partial charge in [-0.1, -0.05) is 11.2 Å². The molecule has 0 aliphatic carbocycles. The summed E-state index contributed by atoms with van der Waals surface area (Å²) < 4.78 is 29.3. The molecule has 0 aromatic heterocycles. The number of aliphatic hydroxyl groups is 1.